The van der Waals surface area contributed by atoms with Crippen molar-refractivity contribution < 1.29 is 14.2 Å². The standard InChI is InChI=1S/C10H13FN2O2/c11-8-2-1-4-12-9(8)13-6-10(14)3-5-15-7-10/h1-2,4,14H,3,5-7H2,(H,12,13). The van der Waals surface area contributed by atoms with Crippen LogP contribution in [0.4, 0.5) is 10.2 Å². The van der Waals surface area contributed by atoms with Crippen LogP contribution in [0.2, 0.25) is 0 Å². The number of aromatic nitrogens is 1. The first-order valence-corrected chi connectivity index (χ1v) is 4.84. The van der Waals surface area contributed by atoms with Gasteiger partial charge in [-0.1, -0.05) is 0 Å². The van der Waals surface area contributed by atoms with Gasteiger partial charge in [0.25, 0.3) is 0 Å². The number of rotatable bonds is 3. The van der Waals surface area contributed by atoms with Crippen LogP contribution in [-0.2, 0) is 4.74 Å². The Morgan fingerprint density at radius 2 is 2.53 bits per heavy atom. The number of pyridine rings is 1. The first kappa shape index (κ1) is 10.3. The van der Waals surface area contributed by atoms with Crippen molar-refractivity contribution in [3.63, 3.8) is 0 Å². The minimum Gasteiger partial charge on any atom is -0.386 e. The quantitative estimate of drug-likeness (QED) is 0.777. The highest BCUT2D eigenvalue weighted by Gasteiger charge is 2.32. The summed E-state index contributed by atoms with van der Waals surface area (Å²) in [6.45, 7) is 1.08. The normalized spacial score (nSPS) is 25.5. The van der Waals surface area contributed by atoms with Gasteiger partial charge in [0, 0.05) is 25.8 Å². The van der Waals surface area contributed by atoms with Crippen molar-refractivity contribution in [2.45, 2.75) is 12.0 Å². The number of ether oxygens (including phenoxy) is 1. The maximum absolute atomic E-state index is 13.2. The summed E-state index contributed by atoms with van der Waals surface area (Å²) in [4.78, 5) is 3.83. The van der Waals surface area contributed by atoms with Gasteiger partial charge in [-0.05, 0) is 12.1 Å². The molecule has 1 aliphatic heterocycles. The maximum Gasteiger partial charge on any atom is 0.165 e. The zero-order valence-corrected chi connectivity index (χ0v) is 8.24. The molecule has 2 N–H and O–H groups in total. The van der Waals surface area contributed by atoms with Gasteiger partial charge in [-0.15, -0.1) is 0 Å². The SMILES string of the molecule is OC1(CNc2ncccc2F)CCOC1. The summed E-state index contributed by atoms with van der Waals surface area (Å²) in [6, 6.07) is 2.85. The van der Waals surface area contributed by atoms with Crippen LogP contribution in [0.5, 0.6) is 0 Å². The van der Waals surface area contributed by atoms with Crippen molar-refractivity contribution in [3.05, 3.63) is 24.1 Å². The van der Waals surface area contributed by atoms with Crippen LogP contribution in [-0.4, -0.2) is 35.5 Å². The first-order valence-electron chi connectivity index (χ1n) is 4.84. The topological polar surface area (TPSA) is 54.4 Å². The van der Waals surface area contributed by atoms with Crippen molar-refractivity contribution in [1.82, 2.24) is 4.98 Å². The van der Waals surface area contributed by atoms with E-state index in [-0.39, 0.29) is 19.0 Å². The molecule has 4 nitrogen and oxygen atoms in total. The molecule has 0 aliphatic carbocycles. The van der Waals surface area contributed by atoms with Gasteiger partial charge in [0.15, 0.2) is 11.6 Å². The average molecular weight is 212 g/mol. The summed E-state index contributed by atoms with van der Waals surface area (Å²) in [6.07, 6.45) is 2.06. The zero-order chi connectivity index (χ0) is 10.7. The van der Waals surface area contributed by atoms with Crippen LogP contribution in [0.1, 0.15) is 6.42 Å². The second kappa shape index (κ2) is 4.12. The van der Waals surface area contributed by atoms with Crippen LogP contribution >= 0.6 is 0 Å². The van der Waals surface area contributed by atoms with Crippen LogP contribution in [0, 0.1) is 5.82 Å². The first-order chi connectivity index (χ1) is 7.20. The fourth-order valence-electron chi connectivity index (χ4n) is 1.50. The highest BCUT2D eigenvalue weighted by molar-refractivity contribution is 5.35. The van der Waals surface area contributed by atoms with Crippen LogP contribution in [0.25, 0.3) is 0 Å². The van der Waals surface area contributed by atoms with E-state index in [1.165, 1.54) is 18.3 Å². The Labute approximate surface area is 87.1 Å². The lowest BCUT2D eigenvalue weighted by atomic mass is 10.0. The molecule has 1 aromatic heterocycles. The summed E-state index contributed by atoms with van der Waals surface area (Å²) in [5.74, 6) is -0.252. The van der Waals surface area contributed by atoms with E-state index in [2.05, 4.69) is 10.3 Å². The lowest BCUT2D eigenvalue weighted by Crippen LogP contribution is -2.37. The van der Waals surface area contributed by atoms with Crippen molar-refractivity contribution in [2.75, 3.05) is 25.1 Å². The molecule has 5 heteroatoms. The number of aliphatic hydroxyl groups is 1. The summed E-state index contributed by atoms with van der Waals surface area (Å²) < 4.78 is 18.2. The Morgan fingerprint density at radius 3 is 3.20 bits per heavy atom. The van der Waals surface area contributed by atoms with Crippen molar-refractivity contribution >= 4 is 5.82 Å². The van der Waals surface area contributed by atoms with Gasteiger partial charge in [-0.2, -0.15) is 0 Å². The predicted octanol–water partition coefficient (Wildman–Crippen LogP) is 0.784. The second-order valence-corrected chi connectivity index (χ2v) is 3.71. The minimum atomic E-state index is -0.899. The minimum absolute atomic E-state index is 0.165. The molecular formula is C10H13FN2O2. The Bertz CT molecular complexity index is 340. The van der Waals surface area contributed by atoms with Gasteiger partial charge in [0.2, 0.25) is 0 Å². The Morgan fingerprint density at radius 1 is 1.67 bits per heavy atom. The van der Waals surface area contributed by atoms with Gasteiger partial charge in [-0.25, -0.2) is 9.37 Å². The summed E-state index contributed by atoms with van der Waals surface area (Å²) in [5.41, 5.74) is -0.899. The second-order valence-electron chi connectivity index (χ2n) is 3.71. The third kappa shape index (κ3) is 2.43. The van der Waals surface area contributed by atoms with E-state index in [0.29, 0.717) is 13.0 Å². The summed E-state index contributed by atoms with van der Waals surface area (Å²) in [7, 11) is 0. The maximum atomic E-state index is 13.2. The van der Waals surface area contributed by atoms with Gasteiger partial charge in [0.1, 0.15) is 5.60 Å². The van der Waals surface area contributed by atoms with Gasteiger partial charge in [-0.3, -0.25) is 0 Å². The van der Waals surface area contributed by atoms with E-state index in [4.69, 9.17) is 4.74 Å². The molecule has 1 aliphatic rings. The molecule has 1 aromatic rings. The van der Waals surface area contributed by atoms with E-state index >= 15 is 0 Å². The summed E-state index contributed by atoms with van der Waals surface area (Å²) >= 11 is 0. The van der Waals surface area contributed by atoms with Gasteiger partial charge in [0.05, 0.1) is 6.61 Å². The molecule has 1 atom stereocenters. The van der Waals surface area contributed by atoms with Crippen molar-refractivity contribution in [3.8, 4) is 0 Å². The van der Waals surface area contributed by atoms with E-state index in [1.807, 2.05) is 0 Å². The molecule has 0 saturated carbocycles. The molecule has 0 amide bonds. The number of anilines is 1. The lowest BCUT2D eigenvalue weighted by Gasteiger charge is -2.20. The molecule has 2 rings (SSSR count). The fraction of sp³-hybridized carbons (Fsp3) is 0.500. The number of hydrogen-bond donors (Lipinski definition) is 2. The predicted molar refractivity (Wildman–Crippen MR) is 53.1 cm³/mol. The number of nitrogens with zero attached hydrogens (tertiary/aromatic N) is 1. The number of hydrogen-bond acceptors (Lipinski definition) is 4. The van der Waals surface area contributed by atoms with E-state index < -0.39 is 11.4 Å². The van der Waals surface area contributed by atoms with E-state index in [1.54, 1.807) is 0 Å². The third-order valence-electron chi connectivity index (χ3n) is 2.43. The number of nitrogens with one attached hydrogen (secondary N) is 1. The third-order valence-corrected chi connectivity index (χ3v) is 2.43. The van der Waals surface area contributed by atoms with Crippen molar-refractivity contribution in [1.29, 1.82) is 0 Å². The monoisotopic (exact) mass is 212 g/mol. The molecule has 0 spiro atoms. The van der Waals surface area contributed by atoms with Crippen LogP contribution < -0.4 is 5.32 Å². The molecule has 1 unspecified atom stereocenters. The van der Waals surface area contributed by atoms with Gasteiger partial charge >= 0.3 is 0 Å². The molecule has 82 valence electrons. The van der Waals surface area contributed by atoms with E-state index in [9.17, 15) is 9.50 Å². The highest BCUT2D eigenvalue weighted by atomic mass is 19.1. The average Bonchev–Trinajstić information content (AvgIpc) is 2.65. The molecule has 15 heavy (non-hydrogen) atoms. The fourth-order valence-corrected chi connectivity index (χ4v) is 1.50. The van der Waals surface area contributed by atoms with E-state index in [0.717, 1.165) is 0 Å². The molecule has 0 bridgehead atoms. The van der Waals surface area contributed by atoms with Gasteiger partial charge < -0.3 is 15.2 Å². The molecular weight excluding hydrogens is 199 g/mol. The molecule has 1 saturated heterocycles. The Kier molecular flexibility index (Phi) is 2.83. The molecule has 1 fully saturated rings. The Balaban J connectivity index is 1.95. The van der Waals surface area contributed by atoms with Crippen molar-refractivity contribution in [2.24, 2.45) is 0 Å². The van der Waals surface area contributed by atoms with Crippen LogP contribution in [0.3, 0.4) is 0 Å². The lowest BCUT2D eigenvalue weighted by molar-refractivity contribution is 0.0381. The largest absolute Gasteiger partial charge is 0.386 e. The zero-order valence-electron chi connectivity index (χ0n) is 8.24. The smallest absolute Gasteiger partial charge is 0.165 e. The summed E-state index contributed by atoms with van der Waals surface area (Å²) in [5, 5.41) is 12.7. The Hall–Kier alpha value is -1.20. The molecule has 2 heterocycles. The highest BCUT2D eigenvalue weighted by Crippen LogP contribution is 2.19. The molecule has 0 radical (unpaired) electrons. The number of halogens is 1. The molecule has 0 aromatic carbocycles. The van der Waals surface area contributed by atoms with Crippen LogP contribution in [0.15, 0.2) is 18.3 Å².